The van der Waals surface area contributed by atoms with E-state index >= 15 is 0 Å². The molecule has 6 aliphatic rings. The van der Waals surface area contributed by atoms with Crippen LogP contribution in [0.5, 0.6) is 0 Å². The van der Waals surface area contributed by atoms with E-state index in [1.54, 1.807) is 11.1 Å². The SMILES string of the molecule is C[C@H]1CC[C@]2(C)[C@H]3CCC4=C5CC(C)(C)CC[C@]5(C(=O)N5CC[C@H](O)C5)CC[C@@]4(C)[C@]3(C)CC[C@H]2C1(C)C. The number of carbonyl (C=O) groups is 1. The normalized spacial score (nSPS) is 49.6. The van der Waals surface area contributed by atoms with Crippen molar-refractivity contribution in [3.63, 3.8) is 0 Å². The highest BCUT2D eigenvalue weighted by molar-refractivity contribution is 5.87. The van der Waals surface area contributed by atoms with Gasteiger partial charge in [0.15, 0.2) is 0 Å². The van der Waals surface area contributed by atoms with Crippen LogP contribution in [0.4, 0.5) is 0 Å². The molecular formula is C35H57NO2. The minimum atomic E-state index is -0.340. The van der Waals surface area contributed by atoms with Crippen LogP contribution >= 0.6 is 0 Å². The topological polar surface area (TPSA) is 40.5 Å². The number of allylic oxidation sites excluding steroid dienone is 1. The van der Waals surface area contributed by atoms with Gasteiger partial charge in [-0.1, -0.05) is 66.5 Å². The monoisotopic (exact) mass is 523 g/mol. The second-order valence-electron chi connectivity index (χ2n) is 17.3. The van der Waals surface area contributed by atoms with Crippen molar-refractivity contribution in [1.29, 1.82) is 0 Å². The van der Waals surface area contributed by atoms with Gasteiger partial charge in [0, 0.05) is 13.1 Å². The van der Waals surface area contributed by atoms with E-state index < -0.39 is 0 Å². The zero-order valence-corrected chi connectivity index (χ0v) is 26.0. The molecule has 0 aromatic carbocycles. The Balaban J connectivity index is 1.43. The van der Waals surface area contributed by atoms with E-state index in [1.807, 2.05) is 4.90 Å². The molecule has 1 amide bonds. The number of hydrogen-bond acceptors (Lipinski definition) is 2. The van der Waals surface area contributed by atoms with Crippen molar-refractivity contribution in [2.24, 2.45) is 50.2 Å². The Morgan fingerprint density at radius 1 is 0.816 bits per heavy atom. The average molecular weight is 524 g/mol. The quantitative estimate of drug-likeness (QED) is 0.352. The van der Waals surface area contributed by atoms with Crippen molar-refractivity contribution in [2.75, 3.05) is 13.1 Å². The van der Waals surface area contributed by atoms with Gasteiger partial charge >= 0.3 is 0 Å². The third-order valence-electron chi connectivity index (χ3n) is 14.9. The Morgan fingerprint density at radius 3 is 2.21 bits per heavy atom. The number of amides is 1. The number of aliphatic hydroxyl groups is 1. The Kier molecular flexibility index (Phi) is 6.01. The molecule has 6 rings (SSSR count). The molecule has 3 nitrogen and oxygen atoms in total. The number of fused-ring (bicyclic) bond motifs is 6. The van der Waals surface area contributed by atoms with Gasteiger partial charge in [0.05, 0.1) is 11.5 Å². The number of hydrogen-bond donors (Lipinski definition) is 1. The minimum absolute atomic E-state index is 0.203. The maximum atomic E-state index is 14.4. The van der Waals surface area contributed by atoms with E-state index in [0.717, 1.165) is 56.4 Å². The van der Waals surface area contributed by atoms with Crippen LogP contribution < -0.4 is 0 Å². The van der Waals surface area contributed by atoms with E-state index in [1.165, 1.54) is 44.9 Å². The molecule has 0 bridgehead atoms. The fourth-order valence-electron chi connectivity index (χ4n) is 12.0. The second kappa shape index (κ2) is 8.36. The van der Waals surface area contributed by atoms with Gasteiger partial charge in [0.1, 0.15) is 0 Å². The second-order valence-corrected chi connectivity index (χ2v) is 17.3. The predicted octanol–water partition coefficient (Wildman–Crippen LogP) is 8.16. The lowest BCUT2D eigenvalue weighted by Gasteiger charge is -2.71. The Bertz CT molecular complexity index is 1040. The first-order chi connectivity index (χ1) is 17.6. The standard InChI is InChI=1S/C35H57NO2/c1-23-11-14-32(6)27(31(23,4)5)12-15-34(8)28(32)10-9-25-26-21-30(2,3)16-18-35(26,19-17-33(25,34)7)29(38)36-20-13-24(37)22-36/h23-24,27-28,37H,9-22H2,1-8H3/t23-,24-,27-,28+,32-,33+,34+,35-/m0/s1. The number of rotatable bonds is 1. The van der Waals surface area contributed by atoms with Crippen molar-refractivity contribution in [3.05, 3.63) is 11.1 Å². The fraction of sp³-hybridized carbons (Fsp3) is 0.914. The van der Waals surface area contributed by atoms with Crippen LogP contribution in [0.3, 0.4) is 0 Å². The van der Waals surface area contributed by atoms with Crippen LogP contribution in [0.2, 0.25) is 0 Å². The molecule has 38 heavy (non-hydrogen) atoms. The molecule has 0 aromatic rings. The number of β-amino-alcohol motifs (C(OH)–C–C–N with tert-alkyl or cyclic N) is 1. The van der Waals surface area contributed by atoms with E-state index in [-0.39, 0.29) is 22.3 Å². The predicted molar refractivity (Wildman–Crippen MR) is 155 cm³/mol. The molecule has 5 aliphatic carbocycles. The van der Waals surface area contributed by atoms with E-state index in [9.17, 15) is 9.90 Å². The van der Waals surface area contributed by atoms with Crippen LogP contribution in [-0.2, 0) is 4.79 Å². The lowest BCUT2D eigenvalue weighted by molar-refractivity contribution is -0.192. The van der Waals surface area contributed by atoms with Crippen molar-refractivity contribution < 1.29 is 9.90 Å². The number of aliphatic hydroxyl groups excluding tert-OH is 1. The first-order valence-corrected chi connectivity index (χ1v) is 16.3. The zero-order valence-electron chi connectivity index (χ0n) is 26.0. The lowest BCUT2D eigenvalue weighted by atomic mass is 9.33. The zero-order chi connectivity index (χ0) is 27.5. The fourth-order valence-corrected chi connectivity index (χ4v) is 12.0. The summed E-state index contributed by atoms with van der Waals surface area (Å²) in [5.74, 6) is 2.79. The maximum Gasteiger partial charge on any atom is 0.232 e. The number of nitrogens with zero attached hydrogens (tertiary/aromatic N) is 1. The molecule has 1 heterocycles. The summed E-state index contributed by atoms with van der Waals surface area (Å²) in [7, 11) is 0. The molecule has 3 heteroatoms. The molecule has 5 fully saturated rings. The van der Waals surface area contributed by atoms with Gasteiger partial charge in [-0.15, -0.1) is 0 Å². The molecule has 214 valence electrons. The molecular weight excluding hydrogens is 466 g/mol. The average Bonchev–Trinajstić information content (AvgIpc) is 3.27. The molecule has 8 atom stereocenters. The van der Waals surface area contributed by atoms with Crippen LogP contribution in [-0.4, -0.2) is 35.1 Å². The van der Waals surface area contributed by atoms with Gasteiger partial charge in [-0.25, -0.2) is 0 Å². The first-order valence-electron chi connectivity index (χ1n) is 16.3. The number of likely N-dealkylation sites (tertiary alicyclic amines) is 1. The van der Waals surface area contributed by atoms with Crippen LogP contribution in [0.15, 0.2) is 11.1 Å². The summed E-state index contributed by atoms with van der Waals surface area (Å²) < 4.78 is 0. The lowest BCUT2D eigenvalue weighted by Crippen LogP contribution is -2.63. The summed E-state index contributed by atoms with van der Waals surface area (Å²) in [5.41, 5.74) is 4.62. The van der Waals surface area contributed by atoms with Gasteiger partial charge in [0.25, 0.3) is 0 Å². The Labute approximate surface area is 233 Å². The molecule has 0 aromatic heterocycles. The Morgan fingerprint density at radius 2 is 1.53 bits per heavy atom. The third-order valence-corrected chi connectivity index (χ3v) is 14.9. The van der Waals surface area contributed by atoms with Crippen molar-refractivity contribution in [2.45, 2.75) is 139 Å². The van der Waals surface area contributed by atoms with Gasteiger partial charge in [0.2, 0.25) is 5.91 Å². The molecule has 0 radical (unpaired) electrons. The van der Waals surface area contributed by atoms with Crippen LogP contribution in [0.1, 0.15) is 132 Å². The summed E-state index contributed by atoms with van der Waals surface area (Å²) in [6, 6.07) is 0. The van der Waals surface area contributed by atoms with Gasteiger partial charge in [-0.05, 0) is 122 Å². The van der Waals surface area contributed by atoms with E-state index in [0.29, 0.717) is 28.7 Å². The minimum Gasteiger partial charge on any atom is -0.391 e. The van der Waals surface area contributed by atoms with Crippen molar-refractivity contribution in [3.8, 4) is 0 Å². The van der Waals surface area contributed by atoms with Gasteiger partial charge < -0.3 is 10.0 Å². The van der Waals surface area contributed by atoms with E-state index in [2.05, 4.69) is 55.4 Å². The molecule has 4 saturated carbocycles. The summed E-state index contributed by atoms with van der Waals surface area (Å²) in [6.07, 6.45) is 13.8. The molecule has 1 aliphatic heterocycles. The highest BCUT2D eigenvalue weighted by Crippen LogP contribution is 2.76. The van der Waals surface area contributed by atoms with Crippen molar-refractivity contribution in [1.82, 2.24) is 4.90 Å². The third kappa shape index (κ3) is 3.45. The largest absolute Gasteiger partial charge is 0.391 e. The molecule has 0 unspecified atom stereocenters. The van der Waals surface area contributed by atoms with Crippen LogP contribution in [0.25, 0.3) is 0 Å². The summed E-state index contributed by atoms with van der Waals surface area (Å²) in [6.45, 7) is 21.9. The summed E-state index contributed by atoms with van der Waals surface area (Å²) in [5, 5.41) is 10.3. The smallest absolute Gasteiger partial charge is 0.232 e. The summed E-state index contributed by atoms with van der Waals surface area (Å²) in [4.78, 5) is 16.4. The maximum absolute atomic E-state index is 14.4. The highest BCUT2D eigenvalue weighted by Gasteiger charge is 2.68. The highest BCUT2D eigenvalue weighted by atomic mass is 16.3. The van der Waals surface area contributed by atoms with Crippen LogP contribution in [0, 0.1) is 50.2 Å². The molecule has 1 N–H and O–H groups in total. The van der Waals surface area contributed by atoms with Gasteiger partial charge in [-0.2, -0.15) is 0 Å². The summed E-state index contributed by atoms with van der Waals surface area (Å²) >= 11 is 0. The first kappa shape index (κ1) is 27.3. The van der Waals surface area contributed by atoms with Crippen molar-refractivity contribution >= 4 is 5.91 Å². The van der Waals surface area contributed by atoms with Gasteiger partial charge in [-0.3, -0.25) is 4.79 Å². The van der Waals surface area contributed by atoms with E-state index in [4.69, 9.17) is 0 Å². The molecule has 0 spiro atoms. The Hall–Kier alpha value is -0.830. The number of carbonyl (C=O) groups excluding carboxylic acids is 1. The molecule has 1 saturated heterocycles.